The molecule has 100 valence electrons. The van der Waals surface area contributed by atoms with Crippen LogP contribution in [-0.2, 0) is 4.74 Å². The summed E-state index contributed by atoms with van der Waals surface area (Å²) in [7, 11) is 0. The van der Waals surface area contributed by atoms with Crippen molar-refractivity contribution in [2.45, 2.75) is 18.9 Å². The molecule has 2 N–H and O–H groups in total. The summed E-state index contributed by atoms with van der Waals surface area (Å²) in [4.78, 5) is 13.0. The highest BCUT2D eigenvalue weighted by Gasteiger charge is 2.18. The highest BCUT2D eigenvalue weighted by Crippen LogP contribution is 2.22. The molecule has 2 aromatic heterocycles. The number of rotatable bonds is 4. The van der Waals surface area contributed by atoms with Gasteiger partial charge in [-0.3, -0.25) is 9.89 Å². The molecule has 0 saturated carbocycles. The van der Waals surface area contributed by atoms with Crippen molar-refractivity contribution in [2.75, 3.05) is 13.2 Å². The zero-order chi connectivity index (χ0) is 13.1. The first-order valence-electron chi connectivity index (χ1n) is 6.32. The fraction of sp³-hybridized carbons (Fsp3) is 0.385. The number of hydrogen-bond donors (Lipinski definition) is 2. The number of nitrogens with zero attached hydrogens (tertiary/aromatic N) is 1. The van der Waals surface area contributed by atoms with Gasteiger partial charge in [0.1, 0.15) is 0 Å². The second-order valence-electron chi connectivity index (χ2n) is 4.49. The van der Waals surface area contributed by atoms with Gasteiger partial charge in [-0.15, -0.1) is 11.3 Å². The summed E-state index contributed by atoms with van der Waals surface area (Å²) < 4.78 is 5.46. The van der Waals surface area contributed by atoms with E-state index in [0.29, 0.717) is 12.2 Å². The molecule has 0 aliphatic carbocycles. The number of hydrogen-bond acceptors (Lipinski definition) is 4. The van der Waals surface area contributed by atoms with E-state index in [1.807, 2.05) is 17.5 Å². The van der Waals surface area contributed by atoms with Crippen molar-refractivity contribution in [3.05, 3.63) is 29.3 Å². The van der Waals surface area contributed by atoms with Gasteiger partial charge in [0.15, 0.2) is 5.69 Å². The molecule has 0 unspecified atom stereocenters. The van der Waals surface area contributed by atoms with Crippen LogP contribution in [0.15, 0.2) is 23.6 Å². The van der Waals surface area contributed by atoms with E-state index in [1.165, 1.54) is 0 Å². The minimum absolute atomic E-state index is 0.152. The van der Waals surface area contributed by atoms with E-state index in [9.17, 15) is 4.79 Å². The maximum atomic E-state index is 11.9. The minimum atomic E-state index is -0.158. The number of aromatic amines is 1. The predicted octanol–water partition coefficient (Wildman–Crippen LogP) is 2.05. The summed E-state index contributed by atoms with van der Waals surface area (Å²) in [6.45, 7) is 1.35. The van der Waals surface area contributed by atoms with Gasteiger partial charge in [-0.1, -0.05) is 6.07 Å². The van der Waals surface area contributed by atoms with E-state index in [2.05, 4.69) is 15.5 Å². The summed E-state index contributed by atoms with van der Waals surface area (Å²) >= 11 is 1.61. The van der Waals surface area contributed by atoms with Gasteiger partial charge in [-0.2, -0.15) is 5.10 Å². The van der Waals surface area contributed by atoms with E-state index in [4.69, 9.17) is 4.74 Å². The monoisotopic (exact) mass is 277 g/mol. The lowest BCUT2D eigenvalue weighted by molar-refractivity contribution is 0.0853. The fourth-order valence-electron chi connectivity index (χ4n) is 2.10. The van der Waals surface area contributed by atoms with Crippen LogP contribution in [0.4, 0.5) is 0 Å². The molecule has 1 atom stereocenters. The van der Waals surface area contributed by atoms with Crippen LogP contribution in [0.2, 0.25) is 0 Å². The Labute approximate surface area is 115 Å². The predicted molar refractivity (Wildman–Crippen MR) is 73.2 cm³/mol. The number of carbonyl (C=O) groups is 1. The molecule has 19 heavy (non-hydrogen) atoms. The second kappa shape index (κ2) is 5.54. The standard InChI is InChI=1S/C13H15N3O2S/c17-13(14-8-9-3-1-5-18-9)11-7-10(15-16-11)12-4-2-6-19-12/h2,4,6-7,9H,1,3,5,8H2,(H,14,17)(H,15,16)/t9-/m0/s1. The molecule has 0 bridgehead atoms. The van der Waals surface area contributed by atoms with Crippen LogP contribution >= 0.6 is 11.3 Å². The van der Waals surface area contributed by atoms with Crippen LogP contribution in [0, 0.1) is 0 Å². The average molecular weight is 277 g/mol. The third-order valence-corrected chi connectivity index (χ3v) is 4.01. The smallest absolute Gasteiger partial charge is 0.271 e. The third kappa shape index (κ3) is 2.85. The first-order chi connectivity index (χ1) is 9.33. The molecule has 3 rings (SSSR count). The molecule has 1 aliphatic heterocycles. The molecule has 0 radical (unpaired) electrons. The molecule has 1 amide bonds. The average Bonchev–Trinajstić information content (AvgIpc) is 3.14. The molecule has 5 nitrogen and oxygen atoms in total. The van der Waals surface area contributed by atoms with Crippen molar-refractivity contribution in [2.24, 2.45) is 0 Å². The van der Waals surface area contributed by atoms with Crippen molar-refractivity contribution < 1.29 is 9.53 Å². The lowest BCUT2D eigenvalue weighted by atomic mass is 10.2. The van der Waals surface area contributed by atoms with Gasteiger partial charge in [-0.05, 0) is 30.4 Å². The molecule has 3 heterocycles. The number of carbonyl (C=O) groups excluding carboxylic acids is 1. The number of ether oxygens (including phenoxy) is 1. The summed E-state index contributed by atoms with van der Waals surface area (Å²) in [6, 6.07) is 5.74. The Morgan fingerprint density at radius 1 is 1.63 bits per heavy atom. The maximum Gasteiger partial charge on any atom is 0.271 e. The Hall–Kier alpha value is -1.66. The van der Waals surface area contributed by atoms with Crippen molar-refractivity contribution in [3.63, 3.8) is 0 Å². The highest BCUT2D eigenvalue weighted by atomic mass is 32.1. The summed E-state index contributed by atoms with van der Waals surface area (Å²) in [5, 5.41) is 11.8. The molecule has 6 heteroatoms. The summed E-state index contributed by atoms with van der Waals surface area (Å²) in [6.07, 6.45) is 2.24. The molecule has 1 fully saturated rings. The van der Waals surface area contributed by atoms with E-state index in [-0.39, 0.29) is 12.0 Å². The molecule has 1 aliphatic rings. The fourth-order valence-corrected chi connectivity index (χ4v) is 2.79. The lowest BCUT2D eigenvalue weighted by Crippen LogP contribution is -2.31. The van der Waals surface area contributed by atoms with Crippen LogP contribution in [0.3, 0.4) is 0 Å². The number of nitrogens with one attached hydrogen (secondary N) is 2. The van der Waals surface area contributed by atoms with Crippen molar-refractivity contribution in [1.29, 1.82) is 0 Å². The summed E-state index contributed by atoms with van der Waals surface area (Å²) in [5.41, 5.74) is 1.29. The van der Waals surface area contributed by atoms with Crippen molar-refractivity contribution >= 4 is 17.2 Å². The largest absolute Gasteiger partial charge is 0.376 e. The normalized spacial score (nSPS) is 18.6. The topological polar surface area (TPSA) is 67.0 Å². The Kier molecular flexibility index (Phi) is 3.61. The maximum absolute atomic E-state index is 11.9. The Morgan fingerprint density at radius 2 is 2.58 bits per heavy atom. The first-order valence-corrected chi connectivity index (χ1v) is 7.20. The minimum Gasteiger partial charge on any atom is -0.376 e. The van der Waals surface area contributed by atoms with Gasteiger partial charge in [0.05, 0.1) is 16.7 Å². The van der Waals surface area contributed by atoms with Crippen LogP contribution in [0.1, 0.15) is 23.3 Å². The number of H-pyrrole nitrogens is 1. The number of thiophene rings is 1. The van der Waals surface area contributed by atoms with E-state index < -0.39 is 0 Å². The highest BCUT2D eigenvalue weighted by molar-refractivity contribution is 7.13. The Morgan fingerprint density at radius 3 is 3.32 bits per heavy atom. The molecule has 2 aromatic rings. The number of aromatic nitrogens is 2. The van der Waals surface area contributed by atoms with Gasteiger partial charge in [0.2, 0.25) is 0 Å². The zero-order valence-corrected chi connectivity index (χ0v) is 11.2. The van der Waals surface area contributed by atoms with Gasteiger partial charge >= 0.3 is 0 Å². The number of amides is 1. The van der Waals surface area contributed by atoms with Crippen LogP contribution in [0.5, 0.6) is 0 Å². The van der Waals surface area contributed by atoms with Gasteiger partial charge < -0.3 is 10.1 Å². The third-order valence-electron chi connectivity index (χ3n) is 3.11. The zero-order valence-electron chi connectivity index (χ0n) is 10.4. The Bertz CT molecular complexity index is 544. The molecular formula is C13H15N3O2S. The Balaban J connectivity index is 1.60. The first kappa shape index (κ1) is 12.4. The molecular weight excluding hydrogens is 262 g/mol. The van der Waals surface area contributed by atoms with Crippen molar-refractivity contribution in [3.8, 4) is 10.6 Å². The van der Waals surface area contributed by atoms with Crippen LogP contribution in [0.25, 0.3) is 10.6 Å². The molecule has 0 aromatic carbocycles. The van der Waals surface area contributed by atoms with Gasteiger partial charge in [0.25, 0.3) is 5.91 Å². The van der Waals surface area contributed by atoms with E-state index in [0.717, 1.165) is 30.0 Å². The van der Waals surface area contributed by atoms with Gasteiger partial charge in [0, 0.05) is 13.2 Å². The van der Waals surface area contributed by atoms with E-state index >= 15 is 0 Å². The molecule has 1 saturated heterocycles. The summed E-state index contributed by atoms with van der Waals surface area (Å²) in [5.74, 6) is -0.158. The lowest BCUT2D eigenvalue weighted by Gasteiger charge is -2.09. The van der Waals surface area contributed by atoms with Crippen LogP contribution < -0.4 is 5.32 Å². The molecule has 0 spiro atoms. The SMILES string of the molecule is O=C(NC[C@@H]1CCCO1)c1cc(-c2cccs2)[nH]n1. The second-order valence-corrected chi connectivity index (χ2v) is 5.44. The quantitative estimate of drug-likeness (QED) is 0.898. The van der Waals surface area contributed by atoms with E-state index in [1.54, 1.807) is 17.4 Å². The van der Waals surface area contributed by atoms with Crippen molar-refractivity contribution in [1.82, 2.24) is 15.5 Å². The van der Waals surface area contributed by atoms with Gasteiger partial charge in [-0.25, -0.2) is 0 Å². The van der Waals surface area contributed by atoms with Crippen LogP contribution in [-0.4, -0.2) is 35.4 Å².